The van der Waals surface area contributed by atoms with Gasteiger partial charge in [0.15, 0.2) is 0 Å². The molecule has 0 amide bonds. The lowest BCUT2D eigenvalue weighted by molar-refractivity contribution is 0.575. The molecule has 0 aliphatic heterocycles. The normalized spacial score (nSPS) is 11.0. The molecule has 4 heteroatoms. The Morgan fingerprint density at radius 2 is 2.27 bits per heavy atom. The number of hydrogen-bond donors (Lipinski definition) is 1. The highest BCUT2D eigenvalue weighted by Crippen LogP contribution is 2.32. The van der Waals surface area contributed by atoms with Gasteiger partial charge in [-0.05, 0) is 12.1 Å². The van der Waals surface area contributed by atoms with Crippen LogP contribution in [0.25, 0.3) is 22.4 Å². The lowest BCUT2D eigenvalue weighted by atomic mass is 10.2. The molecule has 0 saturated carbocycles. The number of oxazole rings is 1. The maximum Gasteiger partial charge on any atom is 0.228 e. The highest BCUT2D eigenvalue weighted by atomic mass is 79.9. The first-order valence-electron chi connectivity index (χ1n) is 4.52. The van der Waals surface area contributed by atoms with Gasteiger partial charge in [-0.2, -0.15) is 0 Å². The molecule has 2 aromatic heterocycles. The number of hydrogen-bond acceptors (Lipinski definition) is 2. The first kappa shape index (κ1) is 8.73. The van der Waals surface area contributed by atoms with Crippen molar-refractivity contribution in [3.8, 4) is 11.5 Å². The number of H-pyrrole nitrogens is 1. The summed E-state index contributed by atoms with van der Waals surface area (Å²) in [4.78, 5) is 7.33. The maximum absolute atomic E-state index is 5.29. The number of aromatic amines is 1. The van der Waals surface area contributed by atoms with Crippen LogP contribution in [0.3, 0.4) is 0 Å². The summed E-state index contributed by atoms with van der Waals surface area (Å²) in [7, 11) is 0. The van der Waals surface area contributed by atoms with Crippen LogP contribution in [-0.2, 0) is 0 Å². The van der Waals surface area contributed by atoms with Crippen molar-refractivity contribution in [2.45, 2.75) is 0 Å². The van der Waals surface area contributed by atoms with E-state index in [-0.39, 0.29) is 0 Å². The van der Waals surface area contributed by atoms with Gasteiger partial charge in [-0.25, -0.2) is 4.98 Å². The van der Waals surface area contributed by atoms with E-state index < -0.39 is 0 Å². The summed E-state index contributed by atoms with van der Waals surface area (Å²) in [6, 6.07) is 6.01. The molecule has 3 rings (SSSR count). The van der Waals surface area contributed by atoms with E-state index in [1.807, 2.05) is 24.4 Å². The molecule has 1 N–H and O–H groups in total. The van der Waals surface area contributed by atoms with Crippen molar-refractivity contribution in [1.82, 2.24) is 9.97 Å². The van der Waals surface area contributed by atoms with E-state index in [9.17, 15) is 0 Å². The standard InChI is InChI=1S/C11H7BrN2O/c12-8-2-1-3-9-10(8)7(6-14-9)11-13-4-5-15-11/h1-6,14H. The van der Waals surface area contributed by atoms with Gasteiger partial charge in [-0.3, -0.25) is 0 Å². The van der Waals surface area contributed by atoms with Crippen LogP contribution in [0.4, 0.5) is 0 Å². The van der Waals surface area contributed by atoms with E-state index in [4.69, 9.17) is 4.42 Å². The van der Waals surface area contributed by atoms with Crippen LogP contribution in [0.5, 0.6) is 0 Å². The van der Waals surface area contributed by atoms with Crippen molar-refractivity contribution < 1.29 is 4.42 Å². The van der Waals surface area contributed by atoms with E-state index in [1.165, 1.54) is 0 Å². The maximum atomic E-state index is 5.29. The molecule has 0 bridgehead atoms. The lowest BCUT2D eigenvalue weighted by Gasteiger charge is -1.96. The first-order valence-corrected chi connectivity index (χ1v) is 5.31. The molecule has 0 atom stereocenters. The number of halogens is 1. The number of aromatic nitrogens is 2. The Morgan fingerprint density at radius 3 is 3.07 bits per heavy atom. The third-order valence-electron chi connectivity index (χ3n) is 2.32. The molecule has 0 aliphatic rings. The Labute approximate surface area is 94.3 Å². The fraction of sp³-hybridized carbons (Fsp3) is 0. The zero-order valence-electron chi connectivity index (χ0n) is 7.70. The van der Waals surface area contributed by atoms with Crippen LogP contribution >= 0.6 is 15.9 Å². The first-order chi connectivity index (χ1) is 7.36. The Hall–Kier alpha value is -1.55. The SMILES string of the molecule is Brc1cccc2[nH]cc(-c3ncco3)c12. The highest BCUT2D eigenvalue weighted by molar-refractivity contribution is 9.10. The third kappa shape index (κ3) is 1.29. The predicted molar refractivity (Wildman–Crippen MR) is 61.5 cm³/mol. The van der Waals surface area contributed by atoms with Crippen LogP contribution in [0.2, 0.25) is 0 Å². The number of rotatable bonds is 1. The van der Waals surface area contributed by atoms with Gasteiger partial charge in [-0.1, -0.05) is 22.0 Å². The molecule has 0 spiro atoms. The minimum absolute atomic E-state index is 0.633. The van der Waals surface area contributed by atoms with Gasteiger partial charge in [0, 0.05) is 21.6 Å². The van der Waals surface area contributed by atoms with E-state index in [0.29, 0.717) is 5.89 Å². The van der Waals surface area contributed by atoms with Gasteiger partial charge in [0.05, 0.1) is 11.8 Å². The quantitative estimate of drug-likeness (QED) is 0.729. The zero-order chi connectivity index (χ0) is 10.3. The van der Waals surface area contributed by atoms with Crippen molar-refractivity contribution in [2.75, 3.05) is 0 Å². The van der Waals surface area contributed by atoms with Gasteiger partial charge in [0.2, 0.25) is 5.89 Å². The molecule has 0 aliphatic carbocycles. The fourth-order valence-electron chi connectivity index (χ4n) is 1.67. The minimum atomic E-state index is 0.633. The van der Waals surface area contributed by atoms with Crippen LogP contribution in [0.1, 0.15) is 0 Å². The van der Waals surface area contributed by atoms with Crippen molar-refractivity contribution in [3.63, 3.8) is 0 Å². The molecule has 0 saturated heterocycles. The summed E-state index contributed by atoms with van der Waals surface area (Å²) >= 11 is 3.52. The second-order valence-corrected chi connectivity index (χ2v) is 4.06. The predicted octanol–water partition coefficient (Wildman–Crippen LogP) is 3.59. The average Bonchev–Trinajstić information content (AvgIpc) is 2.85. The molecule has 0 fully saturated rings. The summed E-state index contributed by atoms with van der Waals surface area (Å²) in [6.45, 7) is 0. The van der Waals surface area contributed by atoms with Crippen LogP contribution in [0, 0.1) is 0 Å². The van der Waals surface area contributed by atoms with Gasteiger partial charge in [-0.15, -0.1) is 0 Å². The summed E-state index contributed by atoms with van der Waals surface area (Å²) < 4.78 is 6.33. The van der Waals surface area contributed by atoms with E-state index in [0.717, 1.165) is 20.9 Å². The minimum Gasteiger partial charge on any atom is -0.444 e. The molecule has 74 valence electrons. The van der Waals surface area contributed by atoms with E-state index in [1.54, 1.807) is 12.5 Å². The van der Waals surface area contributed by atoms with Crippen molar-refractivity contribution >= 4 is 26.8 Å². The molecule has 2 heterocycles. The van der Waals surface area contributed by atoms with Crippen molar-refractivity contribution in [3.05, 3.63) is 41.3 Å². The smallest absolute Gasteiger partial charge is 0.228 e. The molecule has 0 radical (unpaired) electrons. The second kappa shape index (κ2) is 3.24. The largest absolute Gasteiger partial charge is 0.444 e. The third-order valence-corrected chi connectivity index (χ3v) is 2.98. The Kier molecular flexibility index (Phi) is 1.89. The van der Waals surface area contributed by atoms with Gasteiger partial charge >= 0.3 is 0 Å². The van der Waals surface area contributed by atoms with Crippen LogP contribution in [0.15, 0.2) is 45.7 Å². The van der Waals surface area contributed by atoms with Gasteiger partial charge in [0.1, 0.15) is 6.26 Å². The highest BCUT2D eigenvalue weighted by Gasteiger charge is 2.11. The molecule has 1 aromatic carbocycles. The second-order valence-electron chi connectivity index (χ2n) is 3.20. The zero-order valence-corrected chi connectivity index (χ0v) is 9.28. The topological polar surface area (TPSA) is 41.8 Å². The summed E-state index contributed by atoms with van der Waals surface area (Å²) in [6.07, 6.45) is 5.12. The van der Waals surface area contributed by atoms with Gasteiger partial charge < -0.3 is 9.40 Å². The molecular formula is C11H7BrN2O. The van der Waals surface area contributed by atoms with Crippen molar-refractivity contribution in [1.29, 1.82) is 0 Å². The van der Waals surface area contributed by atoms with Crippen LogP contribution in [-0.4, -0.2) is 9.97 Å². The molecule has 3 aromatic rings. The fourth-order valence-corrected chi connectivity index (χ4v) is 2.25. The van der Waals surface area contributed by atoms with E-state index >= 15 is 0 Å². The van der Waals surface area contributed by atoms with Crippen LogP contribution < -0.4 is 0 Å². The monoisotopic (exact) mass is 262 g/mol. The summed E-state index contributed by atoms with van der Waals surface area (Å²) in [5, 5.41) is 1.10. The Bertz CT molecular complexity index is 598. The lowest BCUT2D eigenvalue weighted by Crippen LogP contribution is -1.75. The van der Waals surface area contributed by atoms with E-state index in [2.05, 4.69) is 25.9 Å². The molecule has 15 heavy (non-hydrogen) atoms. The number of benzene rings is 1. The number of nitrogens with one attached hydrogen (secondary N) is 1. The summed E-state index contributed by atoms with van der Waals surface area (Å²) in [5.74, 6) is 0.633. The molecule has 3 nitrogen and oxygen atoms in total. The van der Waals surface area contributed by atoms with Gasteiger partial charge in [0.25, 0.3) is 0 Å². The Balaban J connectivity index is 2.37. The Morgan fingerprint density at radius 1 is 1.33 bits per heavy atom. The number of fused-ring (bicyclic) bond motifs is 1. The summed E-state index contributed by atoms with van der Waals surface area (Å²) in [5.41, 5.74) is 2.04. The molecular weight excluding hydrogens is 256 g/mol. The molecule has 0 unspecified atom stereocenters. The van der Waals surface area contributed by atoms with Crippen molar-refractivity contribution in [2.24, 2.45) is 0 Å². The average molecular weight is 263 g/mol. The number of nitrogens with zero attached hydrogens (tertiary/aromatic N) is 1.